The van der Waals surface area contributed by atoms with Crippen molar-refractivity contribution in [2.24, 2.45) is 0 Å². The fourth-order valence-electron chi connectivity index (χ4n) is 2.26. The van der Waals surface area contributed by atoms with Crippen LogP contribution in [-0.4, -0.2) is 38.1 Å². The van der Waals surface area contributed by atoms with Crippen molar-refractivity contribution in [2.75, 3.05) is 5.43 Å². The summed E-state index contributed by atoms with van der Waals surface area (Å²) in [7, 11) is 0. The number of anilines is 1. The van der Waals surface area contributed by atoms with E-state index >= 15 is 0 Å². The van der Waals surface area contributed by atoms with Crippen LogP contribution in [0.5, 0.6) is 0 Å². The van der Waals surface area contributed by atoms with Crippen LogP contribution in [0.25, 0.3) is 0 Å². The van der Waals surface area contributed by atoms with Crippen LogP contribution >= 0.6 is 11.6 Å². The molecule has 1 amide bonds. The van der Waals surface area contributed by atoms with Crippen LogP contribution in [-0.2, 0) is 0 Å². The Bertz CT molecular complexity index is 622. The molecule has 1 aromatic rings. The first-order valence-corrected chi connectivity index (χ1v) is 6.79. The number of hydrogen-bond donors (Lipinski definition) is 2. The highest BCUT2D eigenvalue weighted by molar-refractivity contribution is 6.30. The fraction of sp³-hybridized carbons (Fsp3) is 0.500. The predicted octanol–water partition coefficient (Wildman–Crippen LogP) is 2.89. The lowest BCUT2D eigenvalue weighted by Crippen LogP contribution is -2.48. The third-order valence-electron chi connectivity index (χ3n) is 3.27. The van der Waals surface area contributed by atoms with Gasteiger partial charge in [0.2, 0.25) is 11.9 Å². The molecule has 1 aliphatic rings. The molecule has 0 bridgehead atoms. The van der Waals surface area contributed by atoms with Gasteiger partial charge in [-0.1, -0.05) is 11.6 Å². The lowest BCUT2D eigenvalue weighted by molar-refractivity contribution is -0.0571. The zero-order valence-electron chi connectivity index (χ0n) is 11.3. The smallest absolute Gasteiger partial charge is 0.426 e. The first kappa shape index (κ1) is 16.2. The van der Waals surface area contributed by atoms with E-state index in [1.807, 2.05) is 0 Å². The molecule has 1 aromatic heterocycles. The quantitative estimate of drug-likeness (QED) is 0.652. The van der Waals surface area contributed by atoms with Gasteiger partial charge in [0.1, 0.15) is 11.6 Å². The second-order valence-corrected chi connectivity index (χ2v) is 5.24. The van der Waals surface area contributed by atoms with E-state index in [2.05, 4.69) is 15.4 Å². The zero-order chi connectivity index (χ0) is 16.3. The Hall–Kier alpha value is -2.21. The Morgan fingerprint density at radius 3 is 2.91 bits per heavy atom. The number of hydrazine groups is 1. The summed E-state index contributed by atoms with van der Waals surface area (Å²) >= 11 is 5.72. The molecule has 22 heavy (non-hydrogen) atoms. The normalized spacial score (nSPS) is 20.0. The molecular weight excluding hydrogens is 320 g/mol. The fourth-order valence-corrected chi connectivity index (χ4v) is 2.43. The number of nitrogens with zero attached hydrogens (tertiary/aromatic N) is 4. The summed E-state index contributed by atoms with van der Waals surface area (Å²) in [5.74, 6) is -3.08. The largest absolute Gasteiger partial charge is 0.464 e. The second kappa shape index (κ2) is 6.27. The molecule has 0 radical (unpaired) electrons. The third kappa shape index (κ3) is 3.71. The van der Waals surface area contributed by atoms with Gasteiger partial charge in [-0.15, -0.1) is 0 Å². The molecule has 7 nitrogen and oxygen atoms in total. The van der Waals surface area contributed by atoms with Gasteiger partial charge in [0.05, 0.1) is 12.2 Å². The topological polar surface area (TPSA) is 102 Å². The summed E-state index contributed by atoms with van der Waals surface area (Å²) in [6, 6.07) is 0.855. The van der Waals surface area contributed by atoms with Crippen LogP contribution in [0.2, 0.25) is 5.15 Å². The number of hydrogen-bond acceptors (Lipinski definition) is 5. The predicted molar refractivity (Wildman–Crippen MR) is 72.4 cm³/mol. The Balaban J connectivity index is 2.17. The van der Waals surface area contributed by atoms with Gasteiger partial charge in [0.25, 0.3) is 0 Å². The number of halogens is 3. The number of rotatable bonds is 3. The van der Waals surface area contributed by atoms with Crippen molar-refractivity contribution >= 4 is 23.6 Å². The van der Waals surface area contributed by atoms with Gasteiger partial charge in [-0.25, -0.2) is 23.6 Å². The number of nitrogens with one attached hydrogen (secondary N) is 1. The van der Waals surface area contributed by atoms with Crippen LogP contribution in [0, 0.1) is 11.3 Å². The molecule has 2 N–H and O–H groups in total. The van der Waals surface area contributed by atoms with E-state index in [1.165, 1.54) is 0 Å². The van der Waals surface area contributed by atoms with Gasteiger partial charge in [-0.3, -0.25) is 5.43 Å². The minimum atomic E-state index is -2.90. The van der Waals surface area contributed by atoms with E-state index in [1.54, 1.807) is 6.07 Å². The summed E-state index contributed by atoms with van der Waals surface area (Å²) in [5, 5.41) is 18.4. The van der Waals surface area contributed by atoms with Gasteiger partial charge in [-0.05, 0) is 12.8 Å². The molecule has 0 aliphatic heterocycles. The third-order valence-corrected chi connectivity index (χ3v) is 3.56. The van der Waals surface area contributed by atoms with Gasteiger partial charge >= 0.3 is 6.09 Å². The number of alkyl halides is 2. The van der Waals surface area contributed by atoms with E-state index in [0.29, 0.717) is 11.4 Å². The van der Waals surface area contributed by atoms with Crippen LogP contribution < -0.4 is 5.43 Å². The van der Waals surface area contributed by atoms with Crippen LogP contribution in [0.3, 0.4) is 0 Å². The molecular formula is C12H12ClF2N5O2. The van der Waals surface area contributed by atoms with Crippen molar-refractivity contribution in [1.82, 2.24) is 15.0 Å². The SMILES string of the molecule is N#Cc1cnc(NN(C(=O)O)C2CCCC(F)(F)C2)nc1Cl. The van der Waals surface area contributed by atoms with E-state index in [4.69, 9.17) is 16.9 Å². The summed E-state index contributed by atoms with van der Waals surface area (Å²) in [6.07, 6.45) is -0.608. The van der Waals surface area contributed by atoms with E-state index in [0.717, 1.165) is 6.20 Å². The average Bonchev–Trinajstić information content (AvgIpc) is 2.43. The maximum absolute atomic E-state index is 13.4. The molecule has 1 atom stereocenters. The maximum Gasteiger partial charge on any atom is 0.426 e. The molecule has 10 heteroatoms. The van der Waals surface area contributed by atoms with Crippen LogP contribution in [0.4, 0.5) is 19.5 Å². The highest BCUT2D eigenvalue weighted by atomic mass is 35.5. The van der Waals surface area contributed by atoms with Gasteiger partial charge in [0.15, 0.2) is 5.15 Å². The van der Waals surface area contributed by atoms with Crippen LogP contribution in [0.15, 0.2) is 6.20 Å². The minimum absolute atomic E-state index is 0.0262. The Morgan fingerprint density at radius 1 is 1.64 bits per heavy atom. The van der Waals surface area contributed by atoms with Crippen molar-refractivity contribution in [1.29, 1.82) is 5.26 Å². The Kier molecular flexibility index (Phi) is 4.61. The van der Waals surface area contributed by atoms with Gasteiger partial charge < -0.3 is 5.11 Å². The van der Waals surface area contributed by atoms with E-state index < -0.39 is 24.5 Å². The van der Waals surface area contributed by atoms with Crippen LogP contribution in [0.1, 0.15) is 31.2 Å². The molecule has 1 aliphatic carbocycles. The molecule has 1 saturated carbocycles. The van der Waals surface area contributed by atoms with Gasteiger partial charge in [0, 0.05) is 12.8 Å². The monoisotopic (exact) mass is 331 g/mol. The highest BCUT2D eigenvalue weighted by Gasteiger charge is 2.40. The van der Waals surface area contributed by atoms with Crippen molar-refractivity contribution in [3.8, 4) is 6.07 Å². The van der Waals surface area contributed by atoms with Crippen molar-refractivity contribution in [3.63, 3.8) is 0 Å². The summed E-state index contributed by atoms with van der Waals surface area (Å²) in [5.41, 5.74) is 2.39. The van der Waals surface area contributed by atoms with Gasteiger partial charge in [-0.2, -0.15) is 10.2 Å². The minimum Gasteiger partial charge on any atom is -0.464 e. The zero-order valence-corrected chi connectivity index (χ0v) is 12.0. The summed E-state index contributed by atoms with van der Waals surface area (Å²) < 4.78 is 26.9. The average molecular weight is 332 g/mol. The van der Waals surface area contributed by atoms with E-state index in [9.17, 15) is 18.7 Å². The first-order valence-electron chi connectivity index (χ1n) is 6.41. The molecule has 118 valence electrons. The molecule has 1 heterocycles. The maximum atomic E-state index is 13.4. The van der Waals surface area contributed by atoms with E-state index in [-0.39, 0.29) is 29.5 Å². The Morgan fingerprint density at radius 2 is 2.36 bits per heavy atom. The molecule has 0 saturated heterocycles. The number of aromatic nitrogens is 2. The van der Waals surface area contributed by atoms with Crippen molar-refractivity contribution < 1.29 is 18.7 Å². The summed E-state index contributed by atoms with van der Waals surface area (Å²) in [6.45, 7) is 0. The number of nitriles is 1. The molecule has 1 fully saturated rings. The summed E-state index contributed by atoms with van der Waals surface area (Å²) in [4.78, 5) is 18.8. The number of amides is 1. The molecule has 0 aromatic carbocycles. The molecule has 0 spiro atoms. The van der Waals surface area contributed by atoms with Crippen molar-refractivity contribution in [2.45, 2.75) is 37.6 Å². The Labute approximate surface area is 129 Å². The first-order chi connectivity index (χ1) is 10.3. The number of carbonyl (C=O) groups is 1. The standard InChI is InChI=1S/C12H12ClF2N5O2/c13-9-7(5-16)6-17-10(18-9)19-20(11(21)22)8-2-1-3-12(14,15)4-8/h6,8H,1-4H2,(H,21,22)(H,17,18,19). The number of carboxylic acid groups (broad SMARTS) is 1. The molecule has 1 unspecified atom stereocenters. The lowest BCUT2D eigenvalue weighted by Gasteiger charge is -2.35. The lowest BCUT2D eigenvalue weighted by atomic mass is 9.92. The highest BCUT2D eigenvalue weighted by Crippen LogP contribution is 2.35. The van der Waals surface area contributed by atoms with Crippen molar-refractivity contribution in [3.05, 3.63) is 16.9 Å². The second-order valence-electron chi connectivity index (χ2n) is 4.88. The molecule has 2 rings (SSSR count).